The van der Waals surface area contributed by atoms with E-state index < -0.39 is 6.10 Å². The van der Waals surface area contributed by atoms with E-state index in [2.05, 4.69) is 29.5 Å². The Bertz CT molecular complexity index is 819. The van der Waals surface area contributed by atoms with Gasteiger partial charge in [0.1, 0.15) is 24.3 Å². The molecule has 0 aliphatic heterocycles. The van der Waals surface area contributed by atoms with Crippen molar-refractivity contribution in [3.8, 4) is 5.75 Å². The fraction of sp³-hybridized carbons (Fsp3) is 0.350. The number of nitrogens with zero attached hydrogens (tertiary/aromatic N) is 2. The molecule has 1 heterocycles. The van der Waals surface area contributed by atoms with E-state index in [0.717, 1.165) is 16.8 Å². The minimum atomic E-state index is -0.557. The second-order valence-corrected chi connectivity index (χ2v) is 6.21. The SMILES string of the molecule is CC[C@@H](O)c1nc2ccccc2n1CCOc1cc(C)cc(C)c1. The van der Waals surface area contributed by atoms with Crippen molar-refractivity contribution in [1.82, 2.24) is 9.55 Å². The van der Waals surface area contributed by atoms with E-state index in [-0.39, 0.29) is 0 Å². The Morgan fingerprint density at radius 1 is 1.12 bits per heavy atom. The largest absolute Gasteiger partial charge is 0.492 e. The van der Waals surface area contributed by atoms with Crippen molar-refractivity contribution in [2.75, 3.05) is 6.61 Å². The lowest BCUT2D eigenvalue weighted by molar-refractivity contribution is 0.157. The number of aliphatic hydroxyl groups excluding tert-OH is 1. The molecule has 0 saturated carbocycles. The molecule has 4 nitrogen and oxygen atoms in total. The molecule has 0 spiro atoms. The Morgan fingerprint density at radius 2 is 1.83 bits per heavy atom. The number of hydrogen-bond acceptors (Lipinski definition) is 3. The van der Waals surface area contributed by atoms with Crippen LogP contribution < -0.4 is 4.74 Å². The monoisotopic (exact) mass is 324 g/mol. The van der Waals surface area contributed by atoms with Gasteiger partial charge < -0.3 is 14.4 Å². The lowest BCUT2D eigenvalue weighted by atomic mass is 10.1. The molecular formula is C20H24N2O2. The molecule has 1 N–H and O–H groups in total. The topological polar surface area (TPSA) is 47.3 Å². The van der Waals surface area contributed by atoms with Crippen molar-refractivity contribution < 1.29 is 9.84 Å². The third-order valence-corrected chi connectivity index (χ3v) is 4.15. The summed E-state index contributed by atoms with van der Waals surface area (Å²) < 4.78 is 7.99. The van der Waals surface area contributed by atoms with Gasteiger partial charge in [0.25, 0.3) is 0 Å². The van der Waals surface area contributed by atoms with Gasteiger partial charge in [0.15, 0.2) is 0 Å². The van der Waals surface area contributed by atoms with Crippen molar-refractivity contribution >= 4 is 11.0 Å². The maximum absolute atomic E-state index is 10.3. The van der Waals surface area contributed by atoms with Crippen molar-refractivity contribution in [2.24, 2.45) is 0 Å². The van der Waals surface area contributed by atoms with Crippen molar-refractivity contribution in [3.05, 3.63) is 59.4 Å². The highest BCUT2D eigenvalue weighted by Gasteiger charge is 2.16. The van der Waals surface area contributed by atoms with Crippen LogP contribution in [0.1, 0.15) is 36.4 Å². The van der Waals surface area contributed by atoms with Crippen molar-refractivity contribution in [2.45, 2.75) is 39.8 Å². The standard InChI is InChI=1S/C20H24N2O2/c1-4-19(23)20-21-17-7-5-6-8-18(17)22(20)9-10-24-16-12-14(2)11-15(3)13-16/h5-8,11-13,19,23H,4,9-10H2,1-3H3/t19-/m1/s1. The number of fused-ring (bicyclic) bond motifs is 1. The van der Waals surface area contributed by atoms with E-state index in [1.165, 1.54) is 11.1 Å². The fourth-order valence-corrected chi connectivity index (χ4v) is 3.04. The van der Waals surface area contributed by atoms with E-state index in [0.29, 0.717) is 25.4 Å². The van der Waals surface area contributed by atoms with Crippen LogP contribution in [0.5, 0.6) is 5.75 Å². The Morgan fingerprint density at radius 3 is 2.54 bits per heavy atom. The highest BCUT2D eigenvalue weighted by molar-refractivity contribution is 5.76. The van der Waals surface area contributed by atoms with Crippen LogP contribution in [0.2, 0.25) is 0 Å². The van der Waals surface area contributed by atoms with Crippen LogP contribution in [-0.4, -0.2) is 21.3 Å². The van der Waals surface area contributed by atoms with Gasteiger partial charge in [0.05, 0.1) is 17.6 Å². The Labute approximate surface area is 142 Å². The number of aliphatic hydroxyl groups is 1. The van der Waals surface area contributed by atoms with Crippen LogP contribution in [0.15, 0.2) is 42.5 Å². The maximum atomic E-state index is 10.3. The molecule has 0 aliphatic rings. The van der Waals surface area contributed by atoms with Crippen LogP contribution in [0.4, 0.5) is 0 Å². The average Bonchev–Trinajstić information content (AvgIpc) is 2.92. The number of aromatic nitrogens is 2. The molecule has 0 bridgehead atoms. The lowest BCUT2D eigenvalue weighted by Gasteiger charge is -2.14. The molecule has 1 atom stereocenters. The molecule has 0 saturated heterocycles. The summed E-state index contributed by atoms with van der Waals surface area (Å²) in [6.45, 7) is 7.28. The summed E-state index contributed by atoms with van der Waals surface area (Å²) >= 11 is 0. The first-order chi connectivity index (χ1) is 11.6. The molecule has 4 heteroatoms. The molecule has 0 radical (unpaired) electrons. The molecular weight excluding hydrogens is 300 g/mol. The summed E-state index contributed by atoms with van der Waals surface area (Å²) in [6, 6.07) is 14.2. The normalized spacial score (nSPS) is 12.5. The van der Waals surface area contributed by atoms with E-state index >= 15 is 0 Å². The number of aryl methyl sites for hydroxylation is 2. The first-order valence-corrected chi connectivity index (χ1v) is 8.43. The Hall–Kier alpha value is -2.33. The zero-order valence-electron chi connectivity index (χ0n) is 14.5. The molecule has 0 amide bonds. The molecule has 24 heavy (non-hydrogen) atoms. The van der Waals surface area contributed by atoms with Crippen LogP contribution >= 0.6 is 0 Å². The second-order valence-electron chi connectivity index (χ2n) is 6.21. The summed E-state index contributed by atoms with van der Waals surface area (Å²) in [5.41, 5.74) is 4.33. The van der Waals surface area contributed by atoms with E-state index in [9.17, 15) is 5.11 Å². The van der Waals surface area contributed by atoms with Gasteiger partial charge in [-0.3, -0.25) is 0 Å². The van der Waals surface area contributed by atoms with E-state index in [1.54, 1.807) is 0 Å². The van der Waals surface area contributed by atoms with Gasteiger partial charge in [-0.05, 0) is 55.7 Å². The summed E-state index contributed by atoms with van der Waals surface area (Å²) in [7, 11) is 0. The smallest absolute Gasteiger partial charge is 0.138 e. The molecule has 1 aromatic heterocycles. The van der Waals surface area contributed by atoms with Gasteiger partial charge >= 0.3 is 0 Å². The minimum Gasteiger partial charge on any atom is -0.492 e. The third-order valence-electron chi connectivity index (χ3n) is 4.15. The number of benzene rings is 2. The van der Waals surface area contributed by atoms with E-state index in [1.807, 2.05) is 43.3 Å². The second kappa shape index (κ2) is 7.05. The molecule has 126 valence electrons. The Kier molecular flexibility index (Phi) is 4.86. The van der Waals surface area contributed by atoms with Gasteiger partial charge in [0, 0.05) is 0 Å². The molecule has 0 unspecified atom stereocenters. The first-order valence-electron chi connectivity index (χ1n) is 8.43. The van der Waals surface area contributed by atoms with Crippen molar-refractivity contribution in [1.29, 1.82) is 0 Å². The summed E-state index contributed by atoms with van der Waals surface area (Å²) in [6.07, 6.45) is 0.0833. The minimum absolute atomic E-state index is 0.534. The maximum Gasteiger partial charge on any atom is 0.138 e. The fourth-order valence-electron chi connectivity index (χ4n) is 3.04. The number of ether oxygens (including phenoxy) is 1. The average molecular weight is 324 g/mol. The zero-order valence-corrected chi connectivity index (χ0v) is 14.5. The van der Waals surface area contributed by atoms with Crippen LogP contribution in [0, 0.1) is 13.8 Å². The lowest BCUT2D eigenvalue weighted by Crippen LogP contribution is -2.13. The predicted molar refractivity (Wildman–Crippen MR) is 96.4 cm³/mol. The molecule has 0 aliphatic carbocycles. The number of imidazole rings is 1. The number of hydrogen-bond donors (Lipinski definition) is 1. The molecule has 3 aromatic rings. The Balaban J connectivity index is 1.81. The highest BCUT2D eigenvalue weighted by Crippen LogP contribution is 2.23. The zero-order chi connectivity index (χ0) is 17.1. The van der Waals surface area contributed by atoms with Crippen LogP contribution in [0.25, 0.3) is 11.0 Å². The van der Waals surface area contributed by atoms with Gasteiger partial charge in [0.2, 0.25) is 0 Å². The summed E-state index contributed by atoms with van der Waals surface area (Å²) in [5, 5.41) is 10.3. The number of rotatable bonds is 6. The van der Waals surface area contributed by atoms with Gasteiger partial charge in [-0.25, -0.2) is 4.98 Å². The third kappa shape index (κ3) is 3.44. The van der Waals surface area contributed by atoms with Crippen molar-refractivity contribution in [3.63, 3.8) is 0 Å². The molecule has 2 aromatic carbocycles. The predicted octanol–water partition coefficient (Wildman–Crippen LogP) is 4.18. The van der Waals surface area contributed by atoms with Gasteiger partial charge in [-0.15, -0.1) is 0 Å². The number of para-hydroxylation sites is 2. The van der Waals surface area contributed by atoms with Crippen LogP contribution in [-0.2, 0) is 6.54 Å². The first kappa shape index (κ1) is 16.5. The quantitative estimate of drug-likeness (QED) is 0.740. The molecule has 3 rings (SSSR count). The van der Waals surface area contributed by atoms with Gasteiger partial charge in [-0.2, -0.15) is 0 Å². The highest BCUT2D eigenvalue weighted by atomic mass is 16.5. The summed E-state index contributed by atoms with van der Waals surface area (Å²) in [4.78, 5) is 4.59. The van der Waals surface area contributed by atoms with E-state index in [4.69, 9.17) is 4.74 Å². The van der Waals surface area contributed by atoms with Crippen LogP contribution in [0.3, 0.4) is 0 Å². The molecule has 0 fully saturated rings. The summed E-state index contributed by atoms with van der Waals surface area (Å²) in [5.74, 6) is 1.59. The van der Waals surface area contributed by atoms with Gasteiger partial charge in [-0.1, -0.05) is 25.1 Å².